The summed E-state index contributed by atoms with van der Waals surface area (Å²) in [6.07, 6.45) is -3.60. The van der Waals surface area contributed by atoms with Crippen LogP contribution in [0.4, 0.5) is 8.78 Å². The Kier molecular flexibility index (Phi) is 2.01. The van der Waals surface area contributed by atoms with Crippen molar-refractivity contribution in [3.05, 3.63) is 23.8 Å². The second kappa shape index (κ2) is 3.07. The van der Waals surface area contributed by atoms with Crippen LogP contribution in [-0.4, -0.2) is 6.29 Å². The molecule has 0 amide bonds. The molecule has 0 radical (unpaired) electrons. The normalized spacial score (nSPS) is 17.1. The van der Waals surface area contributed by atoms with E-state index in [4.69, 9.17) is 5.90 Å². The van der Waals surface area contributed by atoms with Gasteiger partial charge < -0.3 is 9.47 Å². The Hall–Kier alpha value is -1.40. The molecule has 0 fully saturated rings. The Morgan fingerprint density at radius 3 is 2.86 bits per heavy atom. The van der Waals surface area contributed by atoms with Crippen molar-refractivity contribution >= 4 is 0 Å². The lowest BCUT2D eigenvalue weighted by molar-refractivity contribution is -0.287. The SMILES string of the molecule is NOCc1cccc2c1OC(F)(F)O2. The first-order valence-electron chi connectivity index (χ1n) is 3.82. The topological polar surface area (TPSA) is 53.7 Å². The Morgan fingerprint density at radius 1 is 1.36 bits per heavy atom. The zero-order valence-electron chi connectivity index (χ0n) is 7.00. The molecular weight excluding hydrogens is 196 g/mol. The zero-order chi connectivity index (χ0) is 10.2. The first kappa shape index (κ1) is 9.17. The van der Waals surface area contributed by atoms with Gasteiger partial charge in [0.1, 0.15) is 0 Å². The number of hydrogen-bond donors (Lipinski definition) is 1. The number of ether oxygens (including phenoxy) is 2. The highest BCUT2D eigenvalue weighted by Crippen LogP contribution is 2.43. The lowest BCUT2D eigenvalue weighted by Crippen LogP contribution is -2.26. The highest BCUT2D eigenvalue weighted by Gasteiger charge is 2.44. The van der Waals surface area contributed by atoms with Crippen molar-refractivity contribution in [3.63, 3.8) is 0 Å². The first-order chi connectivity index (χ1) is 6.62. The van der Waals surface area contributed by atoms with E-state index in [2.05, 4.69) is 14.3 Å². The minimum Gasteiger partial charge on any atom is -0.395 e. The number of nitrogens with two attached hydrogens (primary N) is 1. The molecule has 6 heteroatoms. The van der Waals surface area contributed by atoms with Gasteiger partial charge in [-0.15, -0.1) is 8.78 Å². The summed E-state index contributed by atoms with van der Waals surface area (Å²) in [4.78, 5) is 4.34. The van der Waals surface area contributed by atoms with Crippen molar-refractivity contribution in [2.45, 2.75) is 12.9 Å². The van der Waals surface area contributed by atoms with Crippen LogP contribution >= 0.6 is 0 Å². The fourth-order valence-electron chi connectivity index (χ4n) is 1.23. The molecule has 0 atom stereocenters. The minimum atomic E-state index is -3.60. The third kappa shape index (κ3) is 1.49. The molecule has 76 valence electrons. The van der Waals surface area contributed by atoms with Gasteiger partial charge in [-0.1, -0.05) is 12.1 Å². The van der Waals surface area contributed by atoms with Crippen LogP contribution in [0.5, 0.6) is 11.5 Å². The van der Waals surface area contributed by atoms with Gasteiger partial charge in [0.25, 0.3) is 0 Å². The zero-order valence-corrected chi connectivity index (χ0v) is 7.00. The van der Waals surface area contributed by atoms with E-state index in [0.717, 1.165) is 0 Å². The van der Waals surface area contributed by atoms with E-state index in [-0.39, 0.29) is 18.1 Å². The quantitative estimate of drug-likeness (QED) is 0.738. The standard InChI is InChI=1S/C8H7F2NO3/c9-8(10)13-6-3-1-2-5(4-12-11)7(6)14-8/h1-3H,4,11H2. The van der Waals surface area contributed by atoms with Crippen LogP contribution in [0.2, 0.25) is 0 Å². The number of hydrogen-bond acceptors (Lipinski definition) is 4. The average Bonchev–Trinajstić information content (AvgIpc) is 2.41. The lowest BCUT2D eigenvalue weighted by Gasteiger charge is -2.05. The summed E-state index contributed by atoms with van der Waals surface area (Å²) >= 11 is 0. The van der Waals surface area contributed by atoms with Gasteiger partial charge in [-0.2, -0.15) is 0 Å². The molecule has 2 N–H and O–H groups in total. The first-order valence-corrected chi connectivity index (χ1v) is 3.82. The monoisotopic (exact) mass is 203 g/mol. The minimum absolute atomic E-state index is 0.00968. The summed E-state index contributed by atoms with van der Waals surface area (Å²) in [5.41, 5.74) is 0.419. The van der Waals surface area contributed by atoms with Crippen LogP contribution in [0.1, 0.15) is 5.56 Å². The van der Waals surface area contributed by atoms with Crippen molar-refractivity contribution in [2.75, 3.05) is 0 Å². The highest BCUT2D eigenvalue weighted by molar-refractivity contribution is 5.48. The number of fused-ring (bicyclic) bond motifs is 1. The van der Waals surface area contributed by atoms with Crippen LogP contribution in [0.15, 0.2) is 18.2 Å². The fraction of sp³-hybridized carbons (Fsp3) is 0.250. The molecule has 0 saturated heterocycles. The second-order valence-electron chi connectivity index (χ2n) is 2.72. The van der Waals surface area contributed by atoms with Crippen LogP contribution in [0.3, 0.4) is 0 Å². The molecular formula is C8H7F2NO3. The van der Waals surface area contributed by atoms with Crippen molar-refractivity contribution in [1.82, 2.24) is 0 Å². The summed E-state index contributed by atoms with van der Waals surface area (Å²) in [7, 11) is 0. The molecule has 0 unspecified atom stereocenters. The molecule has 0 aliphatic carbocycles. The number of alkyl halides is 2. The molecule has 0 bridgehead atoms. The van der Waals surface area contributed by atoms with Crippen molar-refractivity contribution in [3.8, 4) is 11.5 Å². The largest absolute Gasteiger partial charge is 0.586 e. The van der Waals surface area contributed by atoms with Crippen molar-refractivity contribution < 1.29 is 23.1 Å². The molecule has 0 aromatic heterocycles. The Balaban J connectivity index is 2.36. The predicted molar refractivity (Wildman–Crippen MR) is 41.6 cm³/mol. The number of rotatable bonds is 2. The van der Waals surface area contributed by atoms with Crippen LogP contribution < -0.4 is 15.4 Å². The summed E-state index contributed by atoms with van der Waals surface area (Å²) < 4.78 is 33.8. The van der Waals surface area contributed by atoms with Gasteiger partial charge in [0.2, 0.25) is 0 Å². The molecule has 0 saturated carbocycles. The van der Waals surface area contributed by atoms with Gasteiger partial charge in [0.15, 0.2) is 11.5 Å². The van der Waals surface area contributed by atoms with Gasteiger partial charge in [0.05, 0.1) is 6.61 Å². The van der Waals surface area contributed by atoms with E-state index < -0.39 is 6.29 Å². The number of para-hydroxylation sites is 1. The highest BCUT2D eigenvalue weighted by atomic mass is 19.3. The number of halogens is 2. The maximum absolute atomic E-state index is 12.6. The van der Waals surface area contributed by atoms with E-state index in [1.165, 1.54) is 6.07 Å². The summed E-state index contributed by atoms with van der Waals surface area (Å²) in [5.74, 6) is 4.80. The molecule has 1 heterocycles. The summed E-state index contributed by atoms with van der Waals surface area (Å²) in [6.45, 7) is -0.0113. The maximum Gasteiger partial charge on any atom is 0.586 e. The predicted octanol–water partition coefficient (Wildman–Crippen LogP) is 1.40. The Bertz CT molecular complexity index is 356. The summed E-state index contributed by atoms with van der Waals surface area (Å²) in [6, 6.07) is 4.50. The molecule has 1 aliphatic heterocycles. The smallest absolute Gasteiger partial charge is 0.395 e. The average molecular weight is 203 g/mol. The maximum atomic E-state index is 12.6. The van der Waals surface area contributed by atoms with E-state index >= 15 is 0 Å². The van der Waals surface area contributed by atoms with Gasteiger partial charge >= 0.3 is 6.29 Å². The molecule has 2 rings (SSSR count). The lowest BCUT2D eigenvalue weighted by atomic mass is 10.2. The molecule has 1 aromatic carbocycles. The fourth-order valence-corrected chi connectivity index (χ4v) is 1.23. The molecule has 4 nitrogen and oxygen atoms in total. The van der Waals surface area contributed by atoms with E-state index in [0.29, 0.717) is 5.56 Å². The molecule has 14 heavy (non-hydrogen) atoms. The number of benzene rings is 1. The van der Waals surface area contributed by atoms with Crippen molar-refractivity contribution in [1.29, 1.82) is 0 Å². The van der Waals surface area contributed by atoms with Gasteiger partial charge in [-0.05, 0) is 6.07 Å². The Labute approximate surface area is 78.1 Å². The Morgan fingerprint density at radius 2 is 2.14 bits per heavy atom. The van der Waals surface area contributed by atoms with E-state index in [1.54, 1.807) is 12.1 Å². The van der Waals surface area contributed by atoms with Crippen LogP contribution in [-0.2, 0) is 11.4 Å². The van der Waals surface area contributed by atoms with Gasteiger partial charge in [-0.3, -0.25) is 4.84 Å². The summed E-state index contributed by atoms with van der Waals surface area (Å²) in [5, 5.41) is 0. The van der Waals surface area contributed by atoms with Crippen molar-refractivity contribution in [2.24, 2.45) is 5.90 Å². The molecule has 0 spiro atoms. The van der Waals surface area contributed by atoms with Gasteiger partial charge in [0, 0.05) is 5.56 Å². The van der Waals surface area contributed by atoms with Gasteiger partial charge in [-0.25, -0.2) is 5.90 Å². The van der Waals surface area contributed by atoms with E-state index in [1.807, 2.05) is 0 Å². The molecule has 1 aliphatic rings. The third-order valence-corrected chi connectivity index (χ3v) is 1.75. The third-order valence-electron chi connectivity index (χ3n) is 1.75. The molecule has 1 aromatic rings. The van der Waals surface area contributed by atoms with Crippen LogP contribution in [0, 0.1) is 0 Å². The van der Waals surface area contributed by atoms with E-state index in [9.17, 15) is 8.78 Å². The van der Waals surface area contributed by atoms with Crippen LogP contribution in [0.25, 0.3) is 0 Å². The second-order valence-corrected chi connectivity index (χ2v) is 2.72.